The van der Waals surface area contributed by atoms with Crippen LogP contribution in [-0.2, 0) is 14.8 Å². The molecule has 0 radical (unpaired) electrons. The van der Waals surface area contributed by atoms with E-state index in [0.29, 0.717) is 36.8 Å². The molecule has 2 aromatic rings. The fourth-order valence-electron chi connectivity index (χ4n) is 3.24. The predicted molar refractivity (Wildman–Crippen MR) is 108 cm³/mol. The topological polar surface area (TPSA) is 83.8 Å². The van der Waals surface area contributed by atoms with E-state index >= 15 is 0 Å². The van der Waals surface area contributed by atoms with Crippen molar-refractivity contribution in [3.8, 4) is 0 Å². The van der Waals surface area contributed by atoms with Crippen LogP contribution in [0, 0.1) is 13.8 Å². The normalized spacial score (nSPS) is 16.1. The van der Waals surface area contributed by atoms with Gasteiger partial charge in [0.2, 0.25) is 10.0 Å². The number of nitrogens with zero attached hydrogens (tertiary/aromatic N) is 2. The number of hydrogen-bond acceptors (Lipinski definition) is 4. The Balaban J connectivity index is 1.59. The lowest BCUT2D eigenvalue weighted by molar-refractivity contribution is -0.895. The third kappa shape index (κ3) is 4.70. The first-order valence-corrected chi connectivity index (χ1v) is 10.9. The van der Waals surface area contributed by atoms with Gasteiger partial charge < -0.3 is 10.2 Å². The van der Waals surface area contributed by atoms with Crippen LogP contribution in [0.25, 0.3) is 0 Å². The van der Waals surface area contributed by atoms with Gasteiger partial charge in [-0.25, -0.2) is 13.4 Å². The van der Waals surface area contributed by atoms with Crippen molar-refractivity contribution in [1.82, 2.24) is 9.29 Å². The summed E-state index contributed by atoms with van der Waals surface area (Å²) >= 11 is 5.96. The SMILES string of the molecule is Cc1ccc(C)c(S(=O)(=O)N2CC[NH+](CC(=O)Nc3cccnc3Cl)CC2)c1. The first-order valence-electron chi connectivity index (χ1n) is 9.08. The number of amides is 1. The zero-order chi connectivity index (χ0) is 20.3. The summed E-state index contributed by atoms with van der Waals surface area (Å²) in [7, 11) is -3.53. The highest BCUT2D eigenvalue weighted by Gasteiger charge is 2.32. The quantitative estimate of drug-likeness (QED) is 0.699. The molecule has 150 valence electrons. The van der Waals surface area contributed by atoms with Crippen molar-refractivity contribution in [2.24, 2.45) is 0 Å². The average Bonchev–Trinajstić information content (AvgIpc) is 2.66. The molecule has 28 heavy (non-hydrogen) atoms. The predicted octanol–water partition coefficient (Wildman–Crippen LogP) is 0.880. The molecule has 2 heterocycles. The molecule has 0 spiro atoms. The maximum atomic E-state index is 13.0. The number of sulfonamides is 1. The van der Waals surface area contributed by atoms with E-state index in [9.17, 15) is 13.2 Å². The number of pyridine rings is 1. The summed E-state index contributed by atoms with van der Waals surface area (Å²) in [6.07, 6.45) is 1.55. The number of nitrogens with one attached hydrogen (secondary N) is 2. The zero-order valence-electron chi connectivity index (χ0n) is 15.9. The number of carbonyl (C=O) groups is 1. The molecule has 1 fully saturated rings. The molecule has 2 N–H and O–H groups in total. The molecule has 1 aliphatic heterocycles. The summed E-state index contributed by atoms with van der Waals surface area (Å²) in [5, 5.41) is 3.00. The van der Waals surface area contributed by atoms with Gasteiger partial charge in [0.15, 0.2) is 11.7 Å². The van der Waals surface area contributed by atoms with Crippen LogP contribution in [0.5, 0.6) is 0 Å². The molecule has 0 saturated carbocycles. The van der Waals surface area contributed by atoms with E-state index in [0.717, 1.165) is 16.0 Å². The van der Waals surface area contributed by atoms with Gasteiger partial charge in [0, 0.05) is 6.20 Å². The molecular formula is C19H24ClN4O3S+. The fraction of sp³-hybridized carbons (Fsp3) is 0.368. The summed E-state index contributed by atoms with van der Waals surface area (Å²) in [5.41, 5.74) is 2.14. The molecule has 7 nitrogen and oxygen atoms in total. The molecule has 9 heteroatoms. The molecule has 0 aliphatic carbocycles. The van der Waals surface area contributed by atoms with Crippen molar-refractivity contribution in [2.45, 2.75) is 18.7 Å². The molecular weight excluding hydrogens is 400 g/mol. The van der Waals surface area contributed by atoms with Crippen molar-refractivity contribution in [3.05, 3.63) is 52.8 Å². The summed E-state index contributed by atoms with van der Waals surface area (Å²) in [5.74, 6) is -0.171. The third-order valence-corrected chi connectivity index (χ3v) is 7.18. The van der Waals surface area contributed by atoms with Crippen LogP contribution < -0.4 is 10.2 Å². The van der Waals surface area contributed by atoms with E-state index in [1.807, 2.05) is 26.0 Å². The highest BCUT2D eigenvalue weighted by molar-refractivity contribution is 7.89. The number of hydrogen-bond donors (Lipinski definition) is 2. The molecule has 1 aromatic carbocycles. The Bertz CT molecular complexity index is 973. The molecule has 0 bridgehead atoms. The van der Waals surface area contributed by atoms with Crippen molar-refractivity contribution in [2.75, 3.05) is 38.0 Å². The summed E-state index contributed by atoms with van der Waals surface area (Å²) in [6, 6.07) is 8.85. The van der Waals surface area contributed by atoms with E-state index in [4.69, 9.17) is 11.6 Å². The number of halogens is 1. The Morgan fingerprint density at radius 3 is 2.64 bits per heavy atom. The third-order valence-electron chi connectivity index (χ3n) is 4.83. The number of benzene rings is 1. The van der Waals surface area contributed by atoms with Crippen molar-refractivity contribution in [3.63, 3.8) is 0 Å². The monoisotopic (exact) mass is 423 g/mol. The maximum Gasteiger partial charge on any atom is 0.279 e. The minimum absolute atomic E-state index is 0.171. The van der Waals surface area contributed by atoms with Crippen molar-refractivity contribution >= 4 is 33.2 Å². The van der Waals surface area contributed by atoms with Gasteiger partial charge in [-0.1, -0.05) is 23.7 Å². The standard InChI is InChI=1S/C19H23ClN4O3S/c1-14-5-6-15(2)17(12-14)28(26,27)24-10-8-23(9-11-24)13-18(25)22-16-4-3-7-21-19(16)20/h3-7,12H,8-11,13H2,1-2H3,(H,22,25)/p+1. The summed E-state index contributed by atoms with van der Waals surface area (Å²) in [4.78, 5) is 17.6. The van der Waals surface area contributed by atoms with E-state index in [1.165, 1.54) is 4.31 Å². The van der Waals surface area contributed by atoms with Gasteiger partial charge >= 0.3 is 0 Å². The molecule has 0 unspecified atom stereocenters. The number of carbonyl (C=O) groups excluding carboxylic acids is 1. The summed E-state index contributed by atoms with van der Waals surface area (Å²) in [6.45, 7) is 5.84. The van der Waals surface area contributed by atoms with E-state index in [-0.39, 0.29) is 17.6 Å². The lowest BCUT2D eigenvalue weighted by atomic mass is 10.2. The Morgan fingerprint density at radius 2 is 1.96 bits per heavy atom. The molecule has 1 saturated heterocycles. The van der Waals surface area contributed by atoms with Crippen LogP contribution in [-0.4, -0.2) is 56.3 Å². The highest BCUT2D eigenvalue weighted by Crippen LogP contribution is 2.21. The lowest BCUT2D eigenvalue weighted by Crippen LogP contribution is -3.15. The van der Waals surface area contributed by atoms with E-state index in [2.05, 4.69) is 10.3 Å². The van der Waals surface area contributed by atoms with Gasteiger partial charge in [0.1, 0.15) is 0 Å². The van der Waals surface area contributed by atoms with Crippen molar-refractivity contribution < 1.29 is 18.1 Å². The maximum absolute atomic E-state index is 13.0. The van der Waals surface area contributed by atoms with Crippen LogP contribution in [0.2, 0.25) is 5.15 Å². The van der Waals surface area contributed by atoms with Gasteiger partial charge in [0.25, 0.3) is 5.91 Å². The Labute approximate surface area is 170 Å². The van der Waals surface area contributed by atoms with Gasteiger partial charge in [-0.05, 0) is 43.2 Å². The van der Waals surface area contributed by atoms with E-state index < -0.39 is 10.0 Å². The second-order valence-corrected chi connectivity index (χ2v) is 9.25. The van der Waals surface area contributed by atoms with Crippen LogP contribution in [0.1, 0.15) is 11.1 Å². The smallest absolute Gasteiger partial charge is 0.279 e. The van der Waals surface area contributed by atoms with Gasteiger partial charge in [-0.3, -0.25) is 4.79 Å². The number of aryl methyl sites for hydroxylation is 2. The second kappa shape index (κ2) is 8.57. The number of quaternary nitrogens is 1. The fourth-order valence-corrected chi connectivity index (χ4v) is 5.16. The molecule has 3 rings (SSSR count). The molecule has 1 amide bonds. The number of piperazine rings is 1. The highest BCUT2D eigenvalue weighted by atomic mass is 35.5. The number of aromatic nitrogens is 1. The van der Waals surface area contributed by atoms with Crippen molar-refractivity contribution in [1.29, 1.82) is 0 Å². The van der Waals surface area contributed by atoms with Crippen LogP contribution >= 0.6 is 11.6 Å². The van der Waals surface area contributed by atoms with Crippen LogP contribution in [0.4, 0.5) is 5.69 Å². The van der Waals surface area contributed by atoms with Gasteiger partial charge in [-0.15, -0.1) is 0 Å². The first-order chi connectivity index (χ1) is 13.3. The van der Waals surface area contributed by atoms with E-state index in [1.54, 1.807) is 24.4 Å². The minimum atomic E-state index is -3.53. The molecule has 1 aromatic heterocycles. The largest absolute Gasteiger partial charge is 0.325 e. The first kappa shape index (κ1) is 20.7. The molecule has 0 atom stereocenters. The van der Waals surface area contributed by atoms with Crippen LogP contribution in [0.3, 0.4) is 0 Å². The van der Waals surface area contributed by atoms with Gasteiger partial charge in [0.05, 0.1) is 36.8 Å². The minimum Gasteiger partial charge on any atom is -0.325 e. The zero-order valence-corrected chi connectivity index (χ0v) is 17.5. The summed E-state index contributed by atoms with van der Waals surface area (Å²) < 4.78 is 27.5. The number of rotatable bonds is 5. The second-order valence-electron chi connectivity index (χ2n) is 6.99. The Morgan fingerprint density at radius 1 is 1.25 bits per heavy atom. The lowest BCUT2D eigenvalue weighted by Gasteiger charge is -2.31. The van der Waals surface area contributed by atoms with Gasteiger partial charge in [-0.2, -0.15) is 4.31 Å². The Kier molecular flexibility index (Phi) is 6.34. The molecule has 1 aliphatic rings. The number of anilines is 1. The Hall–Kier alpha value is -2.00. The van der Waals surface area contributed by atoms with Crippen LogP contribution in [0.15, 0.2) is 41.4 Å². The average molecular weight is 424 g/mol.